The number of nitrogens with two attached hydrogens (primary N) is 1. The second-order valence-electron chi connectivity index (χ2n) is 3.31. The summed E-state index contributed by atoms with van der Waals surface area (Å²) in [5.74, 6) is -1.07. The molecule has 2 rings (SSSR count). The minimum absolute atomic E-state index is 0.244. The molecule has 1 aromatic heterocycles. The molecule has 18 heavy (non-hydrogen) atoms. The predicted molar refractivity (Wildman–Crippen MR) is 58.0 cm³/mol. The van der Waals surface area contributed by atoms with E-state index >= 15 is 0 Å². The first-order chi connectivity index (χ1) is 8.50. The number of primary amides is 1. The summed E-state index contributed by atoms with van der Waals surface area (Å²) >= 11 is 0. The van der Waals surface area contributed by atoms with Crippen molar-refractivity contribution in [1.29, 1.82) is 0 Å². The van der Waals surface area contributed by atoms with Gasteiger partial charge in [0.25, 0.3) is 5.91 Å². The van der Waals surface area contributed by atoms with E-state index in [4.69, 9.17) is 15.6 Å². The summed E-state index contributed by atoms with van der Waals surface area (Å²) in [7, 11) is 0. The van der Waals surface area contributed by atoms with Gasteiger partial charge in [0.05, 0.1) is 0 Å². The highest BCUT2D eigenvalue weighted by molar-refractivity contribution is 5.88. The molecule has 9 nitrogen and oxygen atoms in total. The molecule has 0 saturated carbocycles. The average Bonchev–Trinajstić information content (AvgIpc) is 2.93. The maximum absolute atomic E-state index is 10.7. The maximum Gasteiger partial charge on any atom is 0.288 e. The van der Waals surface area contributed by atoms with Crippen molar-refractivity contribution in [3.63, 3.8) is 0 Å². The van der Waals surface area contributed by atoms with E-state index in [1.807, 2.05) is 13.8 Å². The smallest absolute Gasteiger partial charge is 0.288 e. The minimum Gasteiger partial charge on any atom is -0.385 e. The van der Waals surface area contributed by atoms with Crippen molar-refractivity contribution >= 4 is 5.91 Å². The predicted octanol–water partition coefficient (Wildman–Crippen LogP) is -2.03. The van der Waals surface area contributed by atoms with E-state index in [0.29, 0.717) is 0 Å². The summed E-state index contributed by atoms with van der Waals surface area (Å²) in [5, 5.41) is 31.5. The molecule has 0 aromatic carbocycles. The molecule has 0 aliphatic carbocycles. The van der Waals surface area contributed by atoms with Crippen LogP contribution in [0, 0.1) is 0 Å². The van der Waals surface area contributed by atoms with Crippen LogP contribution in [0.15, 0.2) is 6.33 Å². The first-order valence-corrected chi connectivity index (χ1v) is 5.41. The highest BCUT2D eigenvalue weighted by atomic mass is 16.7. The molecular formula is C9H16N4O5. The number of aliphatic hydroxyl groups excluding tert-OH is 3. The van der Waals surface area contributed by atoms with Gasteiger partial charge in [0.1, 0.15) is 18.5 Å². The Labute approximate surface area is 103 Å². The molecule has 1 aromatic rings. The summed E-state index contributed by atoms with van der Waals surface area (Å²) in [6, 6.07) is 0. The molecule has 1 fully saturated rings. The number of hydrogen-bond acceptors (Lipinski definition) is 7. The third-order valence-corrected chi connectivity index (χ3v) is 2.20. The van der Waals surface area contributed by atoms with Gasteiger partial charge < -0.3 is 25.8 Å². The molecule has 2 heterocycles. The summed E-state index contributed by atoms with van der Waals surface area (Å²) in [6.07, 6.45) is -4.31. The van der Waals surface area contributed by atoms with Crippen LogP contribution in [0.1, 0.15) is 30.7 Å². The number of aliphatic hydroxyl groups is 3. The zero-order valence-electron chi connectivity index (χ0n) is 9.96. The van der Waals surface area contributed by atoms with E-state index in [1.54, 1.807) is 0 Å². The van der Waals surface area contributed by atoms with Crippen LogP contribution in [-0.2, 0) is 4.74 Å². The fourth-order valence-electron chi connectivity index (χ4n) is 1.37. The third-order valence-electron chi connectivity index (χ3n) is 2.20. The van der Waals surface area contributed by atoms with Gasteiger partial charge in [0, 0.05) is 0 Å². The highest BCUT2D eigenvalue weighted by Crippen LogP contribution is 2.26. The van der Waals surface area contributed by atoms with Crippen molar-refractivity contribution in [2.75, 3.05) is 0 Å². The van der Waals surface area contributed by atoms with Gasteiger partial charge in [-0.2, -0.15) is 0 Å². The summed E-state index contributed by atoms with van der Waals surface area (Å²) < 4.78 is 5.83. The van der Waals surface area contributed by atoms with Gasteiger partial charge in [0.15, 0.2) is 12.5 Å². The third kappa shape index (κ3) is 2.64. The van der Waals surface area contributed by atoms with Crippen molar-refractivity contribution in [3.05, 3.63) is 12.2 Å². The van der Waals surface area contributed by atoms with Crippen LogP contribution in [0.25, 0.3) is 0 Å². The highest BCUT2D eigenvalue weighted by Gasteiger charge is 2.43. The Kier molecular flexibility index (Phi) is 4.73. The summed E-state index contributed by atoms with van der Waals surface area (Å²) in [4.78, 5) is 14.3. The molecule has 102 valence electrons. The van der Waals surface area contributed by atoms with Crippen molar-refractivity contribution in [3.8, 4) is 0 Å². The number of hydrogen-bond donors (Lipinski definition) is 4. The Balaban J connectivity index is 0.000000771. The fraction of sp³-hybridized carbons (Fsp3) is 0.667. The van der Waals surface area contributed by atoms with Crippen LogP contribution in [0.3, 0.4) is 0 Å². The van der Waals surface area contributed by atoms with Crippen molar-refractivity contribution in [1.82, 2.24) is 14.8 Å². The second kappa shape index (κ2) is 5.87. The van der Waals surface area contributed by atoms with Crippen LogP contribution >= 0.6 is 0 Å². The van der Waals surface area contributed by atoms with Crippen molar-refractivity contribution in [2.24, 2.45) is 5.73 Å². The maximum atomic E-state index is 10.7. The molecule has 9 heteroatoms. The number of carbonyl (C=O) groups is 1. The number of nitrogens with zero attached hydrogens (tertiary/aromatic N) is 3. The Morgan fingerprint density at radius 2 is 2.00 bits per heavy atom. The molecule has 0 bridgehead atoms. The minimum atomic E-state index is -1.51. The summed E-state index contributed by atoms with van der Waals surface area (Å²) in [5.41, 5.74) is 4.94. The van der Waals surface area contributed by atoms with E-state index in [1.165, 1.54) is 0 Å². The fourth-order valence-corrected chi connectivity index (χ4v) is 1.37. The molecule has 5 N–H and O–H groups in total. The van der Waals surface area contributed by atoms with Gasteiger partial charge in [-0.1, -0.05) is 13.8 Å². The lowest BCUT2D eigenvalue weighted by molar-refractivity contribution is -0.144. The van der Waals surface area contributed by atoms with Gasteiger partial charge in [0.2, 0.25) is 5.82 Å². The number of amides is 1. The lowest BCUT2D eigenvalue weighted by Gasteiger charge is -2.13. The molecular weight excluding hydrogens is 244 g/mol. The van der Waals surface area contributed by atoms with Gasteiger partial charge in [-0.05, 0) is 0 Å². The summed E-state index contributed by atoms with van der Waals surface area (Å²) in [6.45, 7) is 4.00. The number of aromatic nitrogens is 3. The molecule has 0 radical (unpaired) electrons. The zero-order chi connectivity index (χ0) is 13.9. The lowest BCUT2D eigenvalue weighted by atomic mass is 10.2. The molecule has 1 aliphatic heterocycles. The first-order valence-electron chi connectivity index (χ1n) is 5.41. The Bertz CT molecular complexity index is 409. The Hall–Kier alpha value is -1.55. The van der Waals surface area contributed by atoms with E-state index < -0.39 is 30.6 Å². The molecule has 1 aliphatic rings. The topological polar surface area (TPSA) is 144 Å². The van der Waals surface area contributed by atoms with Gasteiger partial charge in [-0.3, -0.25) is 4.79 Å². The average molecular weight is 260 g/mol. The van der Waals surface area contributed by atoms with Crippen molar-refractivity contribution in [2.45, 2.75) is 38.6 Å². The number of ether oxygens (including phenoxy) is 1. The quantitative estimate of drug-likeness (QED) is 0.480. The normalized spacial score (nSPS) is 30.7. The molecule has 0 spiro atoms. The van der Waals surface area contributed by atoms with Gasteiger partial charge in [-0.25, -0.2) is 9.67 Å². The standard InChI is InChI=1S/C7H10N4O5.C2H6/c8-4(14)5-9-1-11(10-5)6-2(12)3(13)7(15)16-6;1-2/h1-3,6-7,12-13,15H,(H2,8,14);1-2H3/t2-,3+,6-,7+;/m1./s1. The zero-order valence-corrected chi connectivity index (χ0v) is 9.96. The van der Waals surface area contributed by atoms with E-state index in [9.17, 15) is 15.0 Å². The second-order valence-corrected chi connectivity index (χ2v) is 3.31. The lowest BCUT2D eigenvalue weighted by Crippen LogP contribution is -2.31. The first kappa shape index (κ1) is 14.5. The number of rotatable bonds is 2. The molecule has 4 atom stereocenters. The molecule has 0 unspecified atom stereocenters. The van der Waals surface area contributed by atoms with Crippen LogP contribution in [-0.4, -0.2) is 54.5 Å². The molecule has 1 saturated heterocycles. The van der Waals surface area contributed by atoms with Crippen LogP contribution in [0.2, 0.25) is 0 Å². The van der Waals surface area contributed by atoms with E-state index in [2.05, 4.69) is 10.1 Å². The Morgan fingerprint density at radius 3 is 2.39 bits per heavy atom. The largest absolute Gasteiger partial charge is 0.385 e. The monoisotopic (exact) mass is 260 g/mol. The van der Waals surface area contributed by atoms with Gasteiger partial charge in [-0.15, -0.1) is 5.10 Å². The van der Waals surface area contributed by atoms with E-state index in [0.717, 1.165) is 11.0 Å². The van der Waals surface area contributed by atoms with E-state index in [-0.39, 0.29) is 5.82 Å². The SMILES string of the molecule is CC.NC(=O)c1ncn([C@@H]2O[C@H](O)[C@@H](O)[C@H]2O)n1. The van der Waals surface area contributed by atoms with Gasteiger partial charge >= 0.3 is 0 Å². The number of carbonyl (C=O) groups excluding carboxylic acids is 1. The Morgan fingerprint density at radius 1 is 1.39 bits per heavy atom. The van der Waals surface area contributed by atoms with Crippen molar-refractivity contribution < 1.29 is 24.9 Å². The van der Waals surface area contributed by atoms with Crippen LogP contribution in [0.5, 0.6) is 0 Å². The van der Waals surface area contributed by atoms with Crippen LogP contribution < -0.4 is 5.73 Å². The van der Waals surface area contributed by atoms with Crippen LogP contribution in [0.4, 0.5) is 0 Å². The molecule has 1 amide bonds.